The summed E-state index contributed by atoms with van der Waals surface area (Å²) in [5.74, 6) is 0.151. The number of carbonyl (C=O) groups excluding carboxylic acids is 1. The highest BCUT2D eigenvalue weighted by atomic mass is 79.9. The summed E-state index contributed by atoms with van der Waals surface area (Å²) in [7, 11) is 4.48. The summed E-state index contributed by atoms with van der Waals surface area (Å²) in [5, 5.41) is 9.06. The Morgan fingerprint density at radius 1 is 1.00 bits per heavy atom. The smallest absolute Gasteiger partial charge is 0.336 e. The number of carbonyl (C=O) groups is 2. The van der Waals surface area contributed by atoms with Gasteiger partial charge in [0.25, 0.3) is 0 Å². The molecule has 0 heterocycles. The van der Waals surface area contributed by atoms with Crippen LogP contribution in [0.25, 0.3) is 0 Å². The lowest BCUT2D eigenvalue weighted by Gasteiger charge is -2.14. The predicted molar refractivity (Wildman–Crippen MR) is 99.9 cm³/mol. The Labute approximate surface area is 159 Å². The first kappa shape index (κ1) is 19.8. The molecule has 0 bridgehead atoms. The van der Waals surface area contributed by atoms with Crippen molar-refractivity contribution in [3.05, 3.63) is 51.5 Å². The number of benzene rings is 2. The largest absolute Gasteiger partial charge is 0.496 e. The second-order valence-electron chi connectivity index (χ2n) is 5.45. The fraction of sp³-hybridized carbons (Fsp3) is 0.263. The summed E-state index contributed by atoms with van der Waals surface area (Å²) in [6, 6.07) is 8.19. The highest BCUT2D eigenvalue weighted by Crippen LogP contribution is 2.35. The Kier molecular flexibility index (Phi) is 6.63. The van der Waals surface area contributed by atoms with Crippen LogP contribution in [0.5, 0.6) is 17.2 Å². The zero-order valence-corrected chi connectivity index (χ0v) is 16.3. The number of aromatic carboxylic acids is 1. The van der Waals surface area contributed by atoms with Crippen LogP contribution in [0.1, 0.15) is 32.7 Å². The maximum atomic E-state index is 12.7. The zero-order chi connectivity index (χ0) is 19.3. The third-order valence-electron chi connectivity index (χ3n) is 3.90. The van der Waals surface area contributed by atoms with E-state index in [1.807, 2.05) is 0 Å². The average Bonchev–Trinajstić information content (AvgIpc) is 2.64. The van der Waals surface area contributed by atoms with Gasteiger partial charge in [0.1, 0.15) is 22.8 Å². The van der Waals surface area contributed by atoms with Crippen LogP contribution in [0.15, 0.2) is 34.8 Å². The minimum Gasteiger partial charge on any atom is -0.496 e. The molecule has 0 aliphatic rings. The van der Waals surface area contributed by atoms with Crippen molar-refractivity contribution in [2.75, 3.05) is 21.3 Å². The average molecular weight is 423 g/mol. The molecule has 0 saturated heterocycles. The number of Topliss-reactive ketones (excluding diaryl/α,β-unsaturated/α-hetero) is 1. The predicted octanol–water partition coefficient (Wildman–Crippen LogP) is 3.99. The molecular formula is C19H19BrO6. The van der Waals surface area contributed by atoms with Crippen molar-refractivity contribution in [3.8, 4) is 17.2 Å². The van der Waals surface area contributed by atoms with E-state index in [1.165, 1.54) is 27.4 Å². The van der Waals surface area contributed by atoms with Crippen LogP contribution in [0.3, 0.4) is 0 Å². The van der Waals surface area contributed by atoms with Gasteiger partial charge >= 0.3 is 5.97 Å². The molecule has 0 aromatic heterocycles. The third-order valence-corrected chi connectivity index (χ3v) is 4.55. The van der Waals surface area contributed by atoms with Crippen LogP contribution < -0.4 is 14.2 Å². The molecule has 0 spiro atoms. The number of carboxylic acids is 1. The standard InChI is InChI=1S/C19H19BrO6/c1-24-12-9-16(25-2)18(17(10-12)26-3)15(21)7-5-11-4-6-13(19(22)23)14(20)8-11/h4,6,8-10H,5,7H2,1-3H3,(H,22,23). The van der Waals surface area contributed by atoms with Crippen LogP contribution in [0, 0.1) is 0 Å². The molecule has 0 fully saturated rings. The fourth-order valence-corrected chi connectivity index (χ4v) is 3.15. The van der Waals surface area contributed by atoms with Crippen molar-refractivity contribution in [3.63, 3.8) is 0 Å². The molecule has 0 atom stereocenters. The Hall–Kier alpha value is -2.54. The number of rotatable bonds is 8. The lowest BCUT2D eigenvalue weighted by molar-refractivity contribution is 0.0695. The van der Waals surface area contributed by atoms with Gasteiger partial charge in [0.2, 0.25) is 0 Å². The van der Waals surface area contributed by atoms with Gasteiger partial charge in [-0.1, -0.05) is 6.07 Å². The Morgan fingerprint density at radius 3 is 2.08 bits per heavy atom. The van der Waals surface area contributed by atoms with Gasteiger partial charge in [0.15, 0.2) is 5.78 Å². The van der Waals surface area contributed by atoms with Crippen LogP contribution in [0.2, 0.25) is 0 Å². The lowest BCUT2D eigenvalue weighted by atomic mass is 10.00. The van der Waals surface area contributed by atoms with Gasteiger partial charge < -0.3 is 19.3 Å². The van der Waals surface area contributed by atoms with Crippen molar-refractivity contribution in [2.24, 2.45) is 0 Å². The highest BCUT2D eigenvalue weighted by molar-refractivity contribution is 9.10. The van der Waals surface area contributed by atoms with E-state index < -0.39 is 5.97 Å². The molecule has 2 rings (SSSR count). The summed E-state index contributed by atoms with van der Waals surface area (Å²) < 4.78 is 16.3. The molecule has 138 valence electrons. The first-order valence-electron chi connectivity index (χ1n) is 7.76. The molecule has 26 heavy (non-hydrogen) atoms. The van der Waals surface area contributed by atoms with Crippen molar-refractivity contribution in [1.29, 1.82) is 0 Å². The third kappa shape index (κ3) is 4.35. The molecule has 0 saturated carbocycles. The number of halogens is 1. The fourth-order valence-electron chi connectivity index (χ4n) is 2.55. The maximum absolute atomic E-state index is 12.7. The molecule has 0 aliphatic carbocycles. The number of carboxylic acid groups (broad SMARTS) is 1. The SMILES string of the molecule is COc1cc(OC)c(C(=O)CCc2ccc(C(=O)O)c(Br)c2)c(OC)c1. The van der Waals surface area contributed by atoms with Crippen LogP contribution in [-0.2, 0) is 6.42 Å². The quantitative estimate of drug-likeness (QED) is 0.647. The number of hydrogen-bond acceptors (Lipinski definition) is 5. The highest BCUT2D eigenvalue weighted by Gasteiger charge is 2.20. The van der Waals surface area contributed by atoms with Gasteiger partial charge in [-0.3, -0.25) is 4.79 Å². The van der Waals surface area contributed by atoms with E-state index in [1.54, 1.807) is 24.3 Å². The van der Waals surface area contributed by atoms with E-state index >= 15 is 0 Å². The minimum atomic E-state index is -1.01. The first-order chi connectivity index (χ1) is 12.4. The molecule has 6 nitrogen and oxygen atoms in total. The maximum Gasteiger partial charge on any atom is 0.336 e. The Bertz CT molecular complexity index is 806. The van der Waals surface area contributed by atoms with Crippen molar-refractivity contribution >= 4 is 27.7 Å². The molecule has 2 aromatic rings. The zero-order valence-electron chi connectivity index (χ0n) is 14.7. The normalized spacial score (nSPS) is 10.3. The number of ether oxygens (including phenoxy) is 3. The number of methoxy groups -OCH3 is 3. The summed E-state index contributed by atoms with van der Waals surface area (Å²) in [4.78, 5) is 23.8. The molecule has 2 aromatic carbocycles. The van der Waals surface area contributed by atoms with Gasteiger partial charge in [-0.05, 0) is 40.0 Å². The molecule has 7 heteroatoms. The van der Waals surface area contributed by atoms with Gasteiger partial charge in [-0.2, -0.15) is 0 Å². The lowest BCUT2D eigenvalue weighted by Crippen LogP contribution is -2.07. The van der Waals surface area contributed by atoms with E-state index in [0.717, 1.165) is 5.56 Å². The van der Waals surface area contributed by atoms with Gasteiger partial charge in [-0.15, -0.1) is 0 Å². The monoisotopic (exact) mass is 422 g/mol. The number of hydrogen-bond donors (Lipinski definition) is 1. The summed E-state index contributed by atoms with van der Waals surface area (Å²) >= 11 is 3.24. The van der Waals surface area contributed by atoms with E-state index in [0.29, 0.717) is 33.7 Å². The molecule has 1 N–H and O–H groups in total. The molecule has 0 unspecified atom stereocenters. The van der Waals surface area contributed by atoms with E-state index in [9.17, 15) is 9.59 Å². The second kappa shape index (κ2) is 8.71. The minimum absolute atomic E-state index is 0.139. The summed E-state index contributed by atoms with van der Waals surface area (Å²) in [5.41, 5.74) is 1.39. The first-order valence-corrected chi connectivity index (χ1v) is 8.55. The summed E-state index contributed by atoms with van der Waals surface area (Å²) in [6.07, 6.45) is 0.674. The molecule has 0 aliphatic heterocycles. The topological polar surface area (TPSA) is 82.1 Å². The molecule has 0 radical (unpaired) electrons. The van der Waals surface area contributed by atoms with Gasteiger partial charge in [0.05, 0.1) is 26.9 Å². The van der Waals surface area contributed by atoms with E-state index in [4.69, 9.17) is 19.3 Å². The van der Waals surface area contributed by atoms with Crippen molar-refractivity contribution < 1.29 is 28.9 Å². The van der Waals surface area contributed by atoms with Crippen LogP contribution >= 0.6 is 15.9 Å². The van der Waals surface area contributed by atoms with Crippen LogP contribution in [0.4, 0.5) is 0 Å². The molecular weight excluding hydrogens is 404 g/mol. The van der Waals surface area contributed by atoms with Crippen molar-refractivity contribution in [2.45, 2.75) is 12.8 Å². The van der Waals surface area contributed by atoms with Crippen molar-refractivity contribution in [1.82, 2.24) is 0 Å². The van der Waals surface area contributed by atoms with Crippen LogP contribution in [-0.4, -0.2) is 38.2 Å². The van der Waals surface area contributed by atoms with Gasteiger partial charge in [0, 0.05) is 23.0 Å². The Morgan fingerprint density at radius 2 is 1.62 bits per heavy atom. The number of aryl methyl sites for hydroxylation is 1. The second-order valence-corrected chi connectivity index (χ2v) is 6.30. The van der Waals surface area contributed by atoms with E-state index in [-0.39, 0.29) is 17.8 Å². The Balaban J connectivity index is 2.23. The van der Waals surface area contributed by atoms with E-state index in [2.05, 4.69) is 15.9 Å². The van der Waals surface area contributed by atoms with Gasteiger partial charge in [-0.25, -0.2) is 4.79 Å². The molecule has 0 amide bonds. The summed E-state index contributed by atoms with van der Waals surface area (Å²) in [6.45, 7) is 0. The number of ketones is 1.